The van der Waals surface area contributed by atoms with Gasteiger partial charge in [-0.3, -0.25) is 0 Å². The number of rotatable bonds is 5. The number of halogens is 2. The predicted molar refractivity (Wildman–Crippen MR) is 91.9 cm³/mol. The van der Waals surface area contributed by atoms with Crippen molar-refractivity contribution in [2.75, 3.05) is 13.4 Å². The summed E-state index contributed by atoms with van der Waals surface area (Å²) >= 11 is 13.7. The second-order valence-electron chi connectivity index (χ2n) is 4.77. The van der Waals surface area contributed by atoms with Crippen molar-refractivity contribution in [3.05, 3.63) is 33.6 Å². The minimum absolute atomic E-state index is 0.216. The molecule has 1 heterocycles. The molecule has 0 bridgehead atoms. The molecule has 0 spiro atoms. The van der Waals surface area contributed by atoms with Crippen LogP contribution in [-0.4, -0.2) is 34.5 Å². The molecule has 0 aliphatic rings. The van der Waals surface area contributed by atoms with Gasteiger partial charge in [0.25, 0.3) is 0 Å². The third-order valence-electron chi connectivity index (χ3n) is 2.88. The first-order valence-electron chi connectivity index (χ1n) is 6.54. The highest BCUT2D eigenvalue weighted by Crippen LogP contribution is 2.33. The molecule has 8 heteroatoms. The Hall–Kier alpha value is -1.24. The number of hydrogen-bond acceptors (Lipinski definition) is 5. The highest BCUT2D eigenvalue weighted by molar-refractivity contribution is 7.98. The summed E-state index contributed by atoms with van der Waals surface area (Å²) in [6, 6.07) is 3.49. The van der Waals surface area contributed by atoms with E-state index in [1.165, 1.54) is 18.9 Å². The molecule has 0 amide bonds. The van der Waals surface area contributed by atoms with Crippen molar-refractivity contribution in [3.63, 3.8) is 0 Å². The standard InChI is InChI=1S/C14H16Cl2N4OS/c1-8(2)13-18-19-14(22-4)20(13)17-7-9-5-10(15)12(21-3)11(16)6-9/h5-8H,1-4H3/b17-7-. The highest BCUT2D eigenvalue weighted by Gasteiger charge is 2.14. The fourth-order valence-corrected chi connectivity index (χ4v) is 2.94. The van der Waals surface area contributed by atoms with E-state index in [1.54, 1.807) is 23.0 Å². The first-order valence-corrected chi connectivity index (χ1v) is 8.52. The molecule has 22 heavy (non-hydrogen) atoms. The smallest absolute Gasteiger partial charge is 0.211 e. The Morgan fingerprint density at radius 3 is 2.41 bits per heavy atom. The largest absolute Gasteiger partial charge is 0.494 e. The zero-order valence-electron chi connectivity index (χ0n) is 12.7. The maximum Gasteiger partial charge on any atom is 0.211 e. The van der Waals surface area contributed by atoms with Gasteiger partial charge in [0.1, 0.15) is 0 Å². The van der Waals surface area contributed by atoms with Crippen LogP contribution in [0.15, 0.2) is 22.4 Å². The fraction of sp³-hybridized carbons (Fsp3) is 0.357. The molecule has 0 saturated heterocycles. The Morgan fingerprint density at radius 2 is 1.91 bits per heavy atom. The second-order valence-corrected chi connectivity index (χ2v) is 6.36. The molecule has 0 aliphatic carbocycles. The third-order valence-corrected chi connectivity index (χ3v) is 4.06. The summed E-state index contributed by atoms with van der Waals surface area (Å²) in [4.78, 5) is 0. The Labute approximate surface area is 143 Å². The summed E-state index contributed by atoms with van der Waals surface area (Å²) in [5.41, 5.74) is 0.770. The first kappa shape index (κ1) is 17.1. The molecule has 0 saturated carbocycles. The lowest BCUT2D eigenvalue weighted by atomic mass is 10.2. The van der Waals surface area contributed by atoms with Gasteiger partial charge in [-0.05, 0) is 24.0 Å². The predicted octanol–water partition coefficient (Wildman–Crippen LogP) is 4.32. The summed E-state index contributed by atoms with van der Waals surface area (Å²) in [7, 11) is 1.53. The van der Waals surface area contributed by atoms with Crippen LogP contribution in [0.1, 0.15) is 31.2 Å². The van der Waals surface area contributed by atoms with Crippen LogP contribution < -0.4 is 4.74 Å². The molecule has 0 aliphatic heterocycles. The van der Waals surface area contributed by atoms with Gasteiger partial charge in [-0.15, -0.1) is 10.2 Å². The minimum Gasteiger partial charge on any atom is -0.494 e. The molecule has 0 atom stereocenters. The van der Waals surface area contributed by atoms with Crippen LogP contribution in [0, 0.1) is 0 Å². The Bertz CT molecular complexity index is 677. The average Bonchev–Trinajstić information content (AvgIpc) is 2.88. The number of nitrogens with zero attached hydrogens (tertiary/aromatic N) is 4. The minimum atomic E-state index is 0.216. The summed E-state index contributed by atoms with van der Waals surface area (Å²) in [6.07, 6.45) is 3.60. The van der Waals surface area contributed by atoms with Crippen LogP contribution in [0.2, 0.25) is 10.0 Å². The fourth-order valence-electron chi connectivity index (χ4n) is 1.85. The molecule has 0 N–H and O–H groups in total. The Morgan fingerprint density at radius 1 is 1.27 bits per heavy atom. The van der Waals surface area contributed by atoms with E-state index in [4.69, 9.17) is 27.9 Å². The van der Waals surface area contributed by atoms with E-state index in [9.17, 15) is 0 Å². The van der Waals surface area contributed by atoms with Gasteiger partial charge in [0.2, 0.25) is 5.16 Å². The topological polar surface area (TPSA) is 52.3 Å². The monoisotopic (exact) mass is 358 g/mol. The molecule has 0 fully saturated rings. The van der Waals surface area contributed by atoms with E-state index in [0.717, 1.165) is 16.5 Å². The zero-order chi connectivity index (χ0) is 16.3. The first-order chi connectivity index (χ1) is 10.5. The molecule has 0 unspecified atom stereocenters. The van der Waals surface area contributed by atoms with Gasteiger partial charge in [0, 0.05) is 5.92 Å². The van der Waals surface area contributed by atoms with Crippen molar-refractivity contribution in [3.8, 4) is 5.75 Å². The molecule has 1 aromatic carbocycles. The van der Waals surface area contributed by atoms with Gasteiger partial charge in [-0.25, -0.2) is 0 Å². The number of benzene rings is 1. The third kappa shape index (κ3) is 3.56. The lowest BCUT2D eigenvalue weighted by Crippen LogP contribution is -2.02. The molecule has 2 aromatic rings. The molecule has 1 aromatic heterocycles. The summed E-state index contributed by atoms with van der Waals surface area (Å²) < 4.78 is 6.85. The van der Waals surface area contributed by atoms with Crippen molar-refractivity contribution in [1.29, 1.82) is 0 Å². The number of aromatic nitrogens is 3. The molecule has 2 rings (SSSR count). The van der Waals surface area contributed by atoms with Gasteiger partial charge in [0.15, 0.2) is 11.6 Å². The van der Waals surface area contributed by atoms with E-state index in [0.29, 0.717) is 15.8 Å². The van der Waals surface area contributed by atoms with Crippen LogP contribution >= 0.6 is 35.0 Å². The molecular formula is C14H16Cl2N4OS. The Balaban J connectivity index is 2.39. The average molecular weight is 359 g/mol. The van der Waals surface area contributed by atoms with E-state index >= 15 is 0 Å². The van der Waals surface area contributed by atoms with Crippen LogP contribution in [-0.2, 0) is 0 Å². The van der Waals surface area contributed by atoms with Crippen molar-refractivity contribution in [2.24, 2.45) is 5.10 Å². The Kier molecular flexibility index (Phi) is 5.72. The van der Waals surface area contributed by atoms with Gasteiger partial charge in [-0.1, -0.05) is 48.8 Å². The lowest BCUT2D eigenvalue weighted by Gasteiger charge is -2.07. The molecule has 5 nitrogen and oxygen atoms in total. The van der Waals surface area contributed by atoms with E-state index < -0.39 is 0 Å². The maximum absolute atomic E-state index is 6.13. The second kappa shape index (κ2) is 7.35. The summed E-state index contributed by atoms with van der Waals surface area (Å²) in [5.74, 6) is 1.47. The lowest BCUT2D eigenvalue weighted by molar-refractivity contribution is 0.415. The highest BCUT2D eigenvalue weighted by atomic mass is 35.5. The number of methoxy groups -OCH3 is 1. The van der Waals surface area contributed by atoms with E-state index in [1.807, 2.05) is 20.1 Å². The van der Waals surface area contributed by atoms with Gasteiger partial charge in [-0.2, -0.15) is 9.78 Å². The van der Waals surface area contributed by atoms with Gasteiger partial charge in [0.05, 0.1) is 23.4 Å². The van der Waals surface area contributed by atoms with Crippen LogP contribution in [0.3, 0.4) is 0 Å². The maximum atomic E-state index is 6.13. The van der Waals surface area contributed by atoms with Crippen molar-refractivity contribution in [2.45, 2.75) is 24.9 Å². The van der Waals surface area contributed by atoms with Gasteiger partial charge >= 0.3 is 0 Å². The van der Waals surface area contributed by atoms with E-state index in [-0.39, 0.29) is 5.92 Å². The van der Waals surface area contributed by atoms with Crippen LogP contribution in [0.4, 0.5) is 0 Å². The molecule has 118 valence electrons. The molecule has 0 radical (unpaired) electrons. The van der Waals surface area contributed by atoms with Crippen LogP contribution in [0.25, 0.3) is 0 Å². The number of thioether (sulfide) groups is 1. The zero-order valence-corrected chi connectivity index (χ0v) is 15.0. The quantitative estimate of drug-likeness (QED) is 0.589. The van der Waals surface area contributed by atoms with Gasteiger partial charge < -0.3 is 4.74 Å². The SMILES string of the molecule is COc1c(Cl)cc(/C=N\n2c(SC)nnc2C(C)C)cc1Cl. The summed E-state index contributed by atoms with van der Waals surface area (Å²) in [6.45, 7) is 4.09. The normalized spacial score (nSPS) is 11.6. The van der Waals surface area contributed by atoms with Crippen molar-refractivity contribution in [1.82, 2.24) is 14.9 Å². The number of hydrogen-bond donors (Lipinski definition) is 0. The van der Waals surface area contributed by atoms with Crippen molar-refractivity contribution < 1.29 is 4.74 Å². The number of ether oxygens (including phenoxy) is 1. The van der Waals surface area contributed by atoms with E-state index in [2.05, 4.69) is 15.3 Å². The molecular weight excluding hydrogens is 343 g/mol. The van der Waals surface area contributed by atoms with Crippen LogP contribution in [0.5, 0.6) is 5.75 Å². The summed E-state index contributed by atoms with van der Waals surface area (Å²) in [5, 5.41) is 14.3. The van der Waals surface area contributed by atoms with Crippen molar-refractivity contribution >= 4 is 41.2 Å².